The van der Waals surface area contributed by atoms with Gasteiger partial charge in [-0.1, -0.05) is 0 Å². The number of benzene rings is 1. The minimum atomic E-state index is -1.48. The Balaban J connectivity index is 1.70. The lowest BCUT2D eigenvalue weighted by Crippen LogP contribution is -2.58. The molecule has 0 saturated carbocycles. The SMILES string of the molecule is CC(C)(C)OC(=O)N1CCN2C(=O)c3c(F)nc(-c4c(F)ccc(F)c4O)c(F)c3OC[C@H]2C1. The number of hydrogen-bond acceptors (Lipinski definition) is 6. The molecular formula is C22H21F4N3O5. The molecule has 182 valence electrons. The molecule has 0 bridgehead atoms. The van der Waals surface area contributed by atoms with Crippen molar-refractivity contribution in [2.24, 2.45) is 0 Å². The van der Waals surface area contributed by atoms with E-state index in [1.54, 1.807) is 20.8 Å². The van der Waals surface area contributed by atoms with Gasteiger partial charge in [0.1, 0.15) is 29.3 Å². The second-order valence-electron chi connectivity index (χ2n) is 8.91. The zero-order valence-electron chi connectivity index (χ0n) is 18.5. The molecule has 2 aliphatic rings. The molecule has 2 amide bonds. The number of phenols is 1. The largest absolute Gasteiger partial charge is 0.504 e. The van der Waals surface area contributed by atoms with Crippen LogP contribution >= 0.6 is 0 Å². The summed E-state index contributed by atoms with van der Waals surface area (Å²) in [5, 5.41) is 9.88. The summed E-state index contributed by atoms with van der Waals surface area (Å²) in [7, 11) is 0. The minimum Gasteiger partial charge on any atom is -0.504 e. The second-order valence-corrected chi connectivity index (χ2v) is 8.91. The van der Waals surface area contributed by atoms with E-state index in [1.807, 2.05) is 0 Å². The number of rotatable bonds is 1. The number of halogens is 4. The molecule has 1 fully saturated rings. The van der Waals surface area contributed by atoms with Gasteiger partial charge in [-0.2, -0.15) is 4.39 Å². The van der Waals surface area contributed by atoms with Gasteiger partial charge in [0.25, 0.3) is 5.91 Å². The molecule has 1 saturated heterocycles. The Morgan fingerprint density at radius 1 is 1.15 bits per heavy atom. The van der Waals surface area contributed by atoms with Crippen molar-refractivity contribution in [1.29, 1.82) is 0 Å². The van der Waals surface area contributed by atoms with Gasteiger partial charge in [-0.05, 0) is 32.9 Å². The van der Waals surface area contributed by atoms with E-state index in [9.17, 15) is 27.9 Å². The molecule has 0 radical (unpaired) electrons. The van der Waals surface area contributed by atoms with Gasteiger partial charge < -0.3 is 24.4 Å². The highest BCUT2D eigenvalue weighted by Crippen LogP contribution is 2.40. The molecule has 1 N–H and O–H groups in total. The molecule has 8 nitrogen and oxygen atoms in total. The van der Waals surface area contributed by atoms with Crippen molar-refractivity contribution >= 4 is 12.0 Å². The standard InChI is InChI=1S/C22H21F4N3O5/c1-22(2,3)34-21(32)28-6-7-29-10(8-28)9-33-18-14(20(29)31)19(26)27-16(15(18)25)13-11(23)4-5-12(24)17(13)30/h4-5,10,30H,6-9H2,1-3H3/t10-/m1/s1. The van der Waals surface area contributed by atoms with Gasteiger partial charge in [0, 0.05) is 19.6 Å². The lowest BCUT2D eigenvalue weighted by Gasteiger charge is -2.40. The van der Waals surface area contributed by atoms with E-state index in [2.05, 4.69) is 4.98 Å². The van der Waals surface area contributed by atoms with Crippen molar-refractivity contribution in [2.75, 3.05) is 26.2 Å². The number of phenolic OH excluding ortho intramolecular Hbond substituents is 1. The van der Waals surface area contributed by atoms with Crippen LogP contribution in [0.1, 0.15) is 31.1 Å². The van der Waals surface area contributed by atoms with Gasteiger partial charge in [0.15, 0.2) is 23.1 Å². The number of carbonyl (C=O) groups is 2. The highest BCUT2D eigenvalue weighted by molar-refractivity contribution is 5.98. The van der Waals surface area contributed by atoms with Crippen molar-refractivity contribution in [3.63, 3.8) is 0 Å². The van der Waals surface area contributed by atoms with E-state index in [1.165, 1.54) is 9.80 Å². The summed E-state index contributed by atoms with van der Waals surface area (Å²) in [6.45, 7) is 4.84. The molecule has 1 aromatic heterocycles. The minimum absolute atomic E-state index is 0.00628. The number of piperazine rings is 1. The first-order chi connectivity index (χ1) is 15.9. The maximum absolute atomic E-state index is 15.3. The average Bonchev–Trinajstić information content (AvgIpc) is 2.90. The number of amides is 2. The molecule has 12 heteroatoms. The fourth-order valence-electron chi connectivity index (χ4n) is 3.85. The zero-order valence-corrected chi connectivity index (χ0v) is 18.5. The Morgan fingerprint density at radius 3 is 2.50 bits per heavy atom. The molecule has 4 rings (SSSR count). The van der Waals surface area contributed by atoms with E-state index in [0.717, 1.165) is 0 Å². The zero-order chi connectivity index (χ0) is 24.9. The van der Waals surface area contributed by atoms with Crippen LogP contribution in [0.2, 0.25) is 0 Å². The number of aromatic nitrogens is 1. The number of carbonyl (C=O) groups excluding carboxylic acids is 2. The topological polar surface area (TPSA) is 92.2 Å². The van der Waals surface area contributed by atoms with Crippen LogP contribution in [0.25, 0.3) is 11.3 Å². The third-order valence-electron chi connectivity index (χ3n) is 5.39. The van der Waals surface area contributed by atoms with Gasteiger partial charge in [-0.3, -0.25) is 4.79 Å². The maximum Gasteiger partial charge on any atom is 0.410 e. The van der Waals surface area contributed by atoms with Crippen molar-refractivity contribution < 1.29 is 41.7 Å². The molecule has 34 heavy (non-hydrogen) atoms. The summed E-state index contributed by atoms with van der Waals surface area (Å²) >= 11 is 0. The number of fused-ring (bicyclic) bond motifs is 2. The molecule has 1 aromatic carbocycles. The first-order valence-electron chi connectivity index (χ1n) is 10.4. The van der Waals surface area contributed by atoms with Gasteiger partial charge in [-0.15, -0.1) is 0 Å². The number of hydrogen-bond donors (Lipinski definition) is 1. The molecular weight excluding hydrogens is 462 g/mol. The van der Waals surface area contributed by atoms with Gasteiger partial charge >= 0.3 is 6.09 Å². The smallest absolute Gasteiger partial charge is 0.410 e. The summed E-state index contributed by atoms with van der Waals surface area (Å²) < 4.78 is 69.0. The Bertz CT molecular complexity index is 1180. The Labute approximate surface area is 191 Å². The fourth-order valence-corrected chi connectivity index (χ4v) is 3.85. The maximum atomic E-state index is 15.3. The molecule has 1 atom stereocenters. The van der Waals surface area contributed by atoms with Crippen LogP contribution < -0.4 is 4.74 Å². The molecule has 0 unspecified atom stereocenters. The highest BCUT2D eigenvalue weighted by Gasteiger charge is 2.41. The monoisotopic (exact) mass is 483 g/mol. The fraction of sp³-hybridized carbons (Fsp3) is 0.409. The van der Waals surface area contributed by atoms with Crippen LogP contribution in [0.3, 0.4) is 0 Å². The summed E-state index contributed by atoms with van der Waals surface area (Å²) in [6, 6.07) is 0.468. The van der Waals surface area contributed by atoms with E-state index in [-0.39, 0.29) is 26.2 Å². The van der Waals surface area contributed by atoms with E-state index in [4.69, 9.17) is 9.47 Å². The number of aromatic hydroxyl groups is 1. The average molecular weight is 483 g/mol. The van der Waals surface area contributed by atoms with Gasteiger partial charge in [0.2, 0.25) is 5.95 Å². The van der Waals surface area contributed by atoms with Crippen LogP contribution in [0.4, 0.5) is 22.4 Å². The summed E-state index contributed by atoms with van der Waals surface area (Å²) in [6.07, 6.45) is -0.611. The summed E-state index contributed by atoms with van der Waals surface area (Å²) in [5.41, 5.74) is -3.61. The van der Waals surface area contributed by atoms with E-state index >= 15 is 4.39 Å². The van der Waals surface area contributed by atoms with Crippen LogP contribution in [0.5, 0.6) is 11.5 Å². The summed E-state index contributed by atoms with van der Waals surface area (Å²) in [4.78, 5) is 31.4. The van der Waals surface area contributed by atoms with E-state index < -0.39 is 75.4 Å². The second kappa shape index (κ2) is 8.33. The first kappa shape index (κ1) is 23.6. The molecule has 0 spiro atoms. The third kappa shape index (κ3) is 4.08. The Morgan fingerprint density at radius 2 is 1.82 bits per heavy atom. The third-order valence-corrected chi connectivity index (χ3v) is 5.39. The first-order valence-corrected chi connectivity index (χ1v) is 10.4. The number of nitrogens with zero attached hydrogens (tertiary/aromatic N) is 3. The molecule has 0 aliphatic carbocycles. The molecule has 2 aliphatic heterocycles. The summed E-state index contributed by atoms with van der Waals surface area (Å²) in [5.74, 6) is -8.48. The lowest BCUT2D eigenvalue weighted by atomic mass is 10.1. The van der Waals surface area contributed by atoms with Crippen molar-refractivity contribution in [1.82, 2.24) is 14.8 Å². The number of ether oxygens (including phenoxy) is 2. The predicted octanol–water partition coefficient (Wildman–Crippen LogP) is 3.46. The quantitative estimate of drug-likeness (QED) is 0.494. The molecule has 3 heterocycles. The van der Waals surface area contributed by atoms with Gasteiger partial charge in [-0.25, -0.2) is 22.9 Å². The van der Waals surface area contributed by atoms with Crippen molar-refractivity contribution in [3.8, 4) is 22.8 Å². The Hall–Kier alpha value is -3.57. The van der Waals surface area contributed by atoms with Crippen molar-refractivity contribution in [2.45, 2.75) is 32.4 Å². The van der Waals surface area contributed by atoms with Crippen molar-refractivity contribution in [3.05, 3.63) is 41.1 Å². The molecule has 2 aromatic rings. The van der Waals surface area contributed by atoms with Gasteiger partial charge in [0.05, 0.1) is 11.6 Å². The highest BCUT2D eigenvalue weighted by atomic mass is 19.1. The number of pyridine rings is 1. The predicted molar refractivity (Wildman–Crippen MR) is 109 cm³/mol. The lowest BCUT2D eigenvalue weighted by molar-refractivity contribution is 0.000808. The van der Waals surface area contributed by atoms with Crippen LogP contribution in [0.15, 0.2) is 12.1 Å². The van der Waals surface area contributed by atoms with Crippen LogP contribution in [-0.4, -0.2) is 69.8 Å². The Kier molecular flexibility index (Phi) is 5.78. The normalized spacial score (nSPS) is 18.1. The van der Waals surface area contributed by atoms with E-state index in [0.29, 0.717) is 12.1 Å². The van der Waals surface area contributed by atoms with Crippen LogP contribution in [-0.2, 0) is 4.74 Å². The van der Waals surface area contributed by atoms with Crippen LogP contribution in [0, 0.1) is 23.4 Å².